The molecule has 0 spiro atoms. The SMILES string of the molecule is CCCCCCCC(O)(CCC)CC[C@@]1(NC(=O)OCc2ccc(F)cc2)CCN(C)C1=O. The number of halogens is 1. The molecule has 186 valence electrons. The molecule has 0 radical (unpaired) electrons. The smallest absolute Gasteiger partial charge is 0.408 e. The first-order valence-corrected chi connectivity index (χ1v) is 12.4. The van der Waals surface area contributed by atoms with Crippen molar-refractivity contribution in [3.63, 3.8) is 0 Å². The van der Waals surface area contributed by atoms with Crippen molar-refractivity contribution in [2.24, 2.45) is 0 Å². The molecule has 1 aromatic rings. The van der Waals surface area contributed by atoms with E-state index in [1.54, 1.807) is 24.1 Å². The van der Waals surface area contributed by atoms with Crippen molar-refractivity contribution >= 4 is 12.0 Å². The quantitative estimate of drug-likeness (QED) is 0.365. The molecule has 0 aliphatic carbocycles. The highest BCUT2D eigenvalue weighted by Crippen LogP contribution is 2.34. The Morgan fingerprint density at radius 1 is 1.12 bits per heavy atom. The Morgan fingerprint density at radius 2 is 1.82 bits per heavy atom. The van der Waals surface area contributed by atoms with Crippen LogP contribution in [0.2, 0.25) is 0 Å². The predicted molar refractivity (Wildman–Crippen MR) is 127 cm³/mol. The fourth-order valence-corrected chi connectivity index (χ4v) is 4.65. The Labute approximate surface area is 197 Å². The molecule has 0 saturated carbocycles. The maximum absolute atomic E-state index is 13.1. The van der Waals surface area contributed by atoms with Crippen molar-refractivity contribution in [1.29, 1.82) is 0 Å². The van der Waals surface area contributed by atoms with E-state index in [1.807, 2.05) is 0 Å². The summed E-state index contributed by atoms with van der Waals surface area (Å²) < 4.78 is 18.4. The molecule has 1 heterocycles. The van der Waals surface area contributed by atoms with E-state index in [-0.39, 0.29) is 18.3 Å². The molecule has 2 amide bonds. The lowest BCUT2D eigenvalue weighted by Gasteiger charge is -2.34. The summed E-state index contributed by atoms with van der Waals surface area (Å²) in [5.74, 6) is -0.505. The number of aliphatic hydroxyl groups is 1. The maximum Gasteiger partial charge on any atom is 0.408 e. The number of rotatable bonds is 14. The van der Waals surface area contributed by atoms with E-state index in [0.29, 0.717) is 44.2 Å². The topological polar surface area (TPSA) is 78.9 Å². The van der Waals surface area contributed by atoms with Gasteiger partial charge in [0.2, 0.25) is 5.91 Å². The Kier molecular flexibility index (Phi) is 10.6. The van der Waals surface area contributed by atoms with Crippen molar-refractivity contribution in [3.8, 4) is 0 Å². The molecular formula is C26H41FN2O4. The number of unbranched alkanes of at least 4 members (excludes halogenated alkanes) is 4. The lowest BCUT2D eigenvalue weighted by atomic mass is 9.81. The summed E-state index contributed by atoms with van der Waals surface area (Å²) >= 11 is 0. The summed E-state index contributed by atoms with van der Waals surface area (Å²) in [6, 6.07) is 5.73. The van der Waals surface area contributed by atoms with Crippen molar-refractivity contribution in [3.05, 3.63) is 35.6 Å². The normalized spacial score (nSPS) is 20.0. The van der Waals surface area contributed by atoms with Gasteiger partial charge in [-0.25, -0.2) is 9.18 Å². The number of nitrogens with one attached hydrogen (secondary N) is 1. The van der Waals surface area contributed by atoms with Gasteiger partial charge < -0.3 is 20.1 Å². The number of nitrogens with zero attached hydrogens (tertiary/aromatic N) is 1. The molecule has 7 heteroatoms. The molecule has 6 nitrogen and oxygen atoms in total. The minimum Gasteiger partial charge on any atom is -0.445 e. The van der Waals surface area contributed by atoms with Crippen LogP contribution in [0.1, 0.15) is 90.0 Å². The van der Waals surface area contributed by atoms with Crippen LogP contribution in [0.25, 0.3) is 0 Å². The molecule has 1 saturated heterocycles. The zero-order valence-corrected chi connectivity index (χ0v) is 20.5. The Balaban J connectivity index is 1.99. The molecule has 0 aromatic heterocycles. The van der Waals surface area contributed by atoms with Crippen LogP contribution in [-0.4, -0.2) is 46.7 Å². The third-order valence-corrected chi connectivity index (χ3v) is 6.73. The maximum atomic E-state index is 13.1. The van der Waals surface area contributed by atoms with Crippen LogP contribution in [0, 0.1) is 5.82 Å². The van der Waals surface area contributed by atoms with Crippen molar-refractivity contribution in [2.75, 3.05) is 13.6 Å². The van der Waals surface area contributed by atoms with Gasteiger partial charge >= 0.3 is 6.09 Å². The lowest BCUT2D eigenvalue weighted by molar-refractivity contribution is -0.132. The number of ether oxygens (including phenoxy) is 1. The van der Waals surface area contributed by atoms with E-state index in [9.17, 15) is 19.1 Å². The molecule has 2 atom stereocenters. The van der Waals surface area contributed by atoms with E-state index in [1.165, 1.54) is 31.4 Å². The number of hydrogen-bond acceptors (Lipinski definition) is 4. The van der Waals surface area contributed by atoms with Gasteiger partial charge in [0, 0.05) is 13.6 Å². The van der Waals surface area contributed by atoms with Gasteiger partial charge in [-0.3, -0.25) is 4.79 Å². The second-order valence-corrected chi connectivity index (χ2v) is 9.52. The molecule has 0 bridgehead atoms. The van der Waals surface area contributed by atoms with Gasteiger partial charge in [-0.1, -0.05) is 64.5 Å². The minimum absolute atomic E-state index is 0.0102. The summed E-state index contributed by atoms with van der Waals surface area (Å²) in [5, 5.41) is 14.1. The average molecular weight is 465 g/mol. The Morgan fingerprint density at radius 3 is 2.42 bits per heavy atom. The average Bonchev–Trinajstić information content (AvgIpc) is 3.06. The van der Waals surface area contributed by atoms with Gasteiger partial charge in [0.15, 0.2) is 0 Å². The number of carbonyl (C=O) groups excluding carboxylic acids is 2. The van der Waals surface area contributed by atoms with Gasteiger partial charge in [-0.15, -0.1) is 0 Å². The molecule has 2 N–H and O–H groups in total. The third kappa shape index (κ3) is 8.29. The van der Waals surface area contributed by atoms with Crippen LogP contribution in [0.15, 0.2) is 24.3 Å². The fourth-order valence-electron chi connectivity index (χ4n) is 4.65. The van der Waals surface area contributed by atoms with Crippen LogP contribution >= 0.6 is 0 Å². The third-order valence-electron chi connectivity index (χ3n) is 6.73. The second kappa shape index (κ2) is 12.9. The van der Waals surface area contributed by atoms with E-state index >= 15 is 0 Å². The van der Waals surface area contributed by atoms with Crippen molar-refractivity contribution < 1.29 is 23.8 Å². The zero-order chi connectivity index (χ0) is 24.3. The van der Waals surface area contributed by atoms with Crippen LogP contribution < -0.4 is 5.32 Å². The van der Waals surface area contributed by atoms with Gasteiger partial charge in [0.05, 0.1) is 5.60 Å². The number of likely N-dealkylation sites (tertiary alicyclic amines) is 1. The predicted octanol–water partition coefficient (Wildman–Crippen LogP) is 5.32. The molecule has 1 unspecified atom stereocenters. The van der Waals surface area contributed by atoms with E-state index in [4.69, 9.17) is 4.74 Å². The summed E-state index contributed by atoms with van der Waals surface area (Å²) in [6.45, 7) is 4.77. The molecular weight excluding hydrogens is 423 g/mol. The van der Waals surface area contributed by atoms with Gasteiger partial charge in [0.1, 0.15) is 18.0 Å². The highest BCUT2D eigenvalue weighted by molar-refractivity contribution is 5.91. The standard InChI is InChI=1S/C26H41FN2O4/c1-4-6-7-8-9-15-25(32,14-5-2)16-17-26(18-19-29(3)23(26)30)28-24(31)33-20-21-10-12-22(27)13-11-21/h10-13,32H,4-9,14-20H2,1-3H3,(H,28,31)/t25?,26-/m1/s1. The molecule has 1 aliphatic heterocycles. The second-order valence-electron chi connectivity index (χ2n) is 9.52. The number of likely N-dealkylation sites (N-methyl/N-ethyl adjacent to an activating group) is 1. The first-order valence-electron chi connectivity index (χ1n) is 12.4. The Bertz CT molecular complexity index is 757. The Hall–Kier alpha value is -2.15. The highest BCUT2D eigenvalue weighted by atomic mass is 19.1. The molecule has 1 aromatic carbocycles. The zero-order valence-electron chi connectivity index (χ0n) is 20.5. The molecule has 1 aliphatic rings. The van der Waals surface area contributed by atoms with Crippen molar-refractivity contribution in [2.45, 2.75) is 102 Å². The number of benzene rings is 1. The molecule has 2 rings (SSSR count). The fraction of sp³-hybridized carbons (Fsp3) is 0.692. The number of carbonyl (C=O) groups is 2. The summed E-state index contributed by atoms with van der Waals surface area (Å²) in [5.41, 5.74) is -1.25. The number of alkyl carbamates (subject to hydrolysis) is 1. The highest BCUT2D eigenvalue weighted by Gasteiger charge is 2.48. The summed E-state index contributed by atoms with van der Waals surface area (Å²) in [7, 11) is 1.72. The number of amides is 2. The van der Waals surface area contributed by atoms with Crippen LogP contribution in [0.4, 0.5) is 9.18 Å². The first kappa shape index (κ1) is 27.1. The largest absolute Gasteiger partial charge is 0.445 e. The molecule has 1 fully saturated rings. The van der Waals surface area contributed by atoms with Crippen molar-refractivity contribution in [1.82, 2.24) is 10.2 Å². The lowest BCUT2D eigenvalue weighted by Crippen LogP contribution is -2.54. The van der Waals surface area contributed by atoms with E-state index in [0.717, 1.165) is 19.3 Å². The summed E-state index contributed by atoms with van der Waals surface area (Å²) in [4.78, 5) is 27.2. The number of hydrogen-bond donors (Lipinski definition) is 2. The minimum atomic E-state index is -1.07. The van der Waals surface area contributed by atoms with Crippen LogP contribution in [0.5, 0.6) is 0 Å². The molecule has 33 heavy (non-hydrogen) atoms. The van der Waals surface area contributed by atoms with Crippen LogP contribution in [-0.2, 0) is 16.1 Å². The van der Waals surface area contributed by atoms with Gasteiger partial charge in [-0.05, 0) is 49.8 Å². The van der Waals surface area contributed by atoms with E-state index < -0.39 is 17.2 Å². The summed E-state index contributed by atoms with van der Waals surface area (Å²) in [6.07, 6.45) is 8.49. The monoisotopic (exact) mass is 464 g/mol. The van der Waals surface area contributed by atoms with Crippen LogP contribution in [0.3, 0.4) is 0 Å². The van der Waals surface area contributed by atoms with Gasteiger partial charge in [-0.2, -0.15) is 0 Å². The first-order chi connectivity index (χ1) is 15.7. The van der Waals surface area contributed by atoms with E-state index in [2.05, 4.69) is 19.2 Å². The van der Waals surface area contributed by atoms with Gasteiger partial charge in [0.25, 0.3) is 0 Å².